The molecule has 5 nitrogen and oxygen atoms in total. The molecule has 0 unspecified atom stereocenters. The van der Waals surface area contributed by atoms with Gasteiger partial charge in [-0.2, -0.15) is 0 Å². The van der Waals surface area contributed by atoms with Crippen molar-refractivity contribution < 1.29 is 9.47 Å². The van der Waals surface area contributed by atoms with Crippen molar-refractivity contribution >= 4 is 0 Å². The van der Waals surface area contributed by atoms with Crippen LogP contribution in [0.3, 0.4) is 0 Å². The predicted octanol–water partition coefficient (Wildman–Crippen LogP) is 2.04. The van der Waals surface area contributed by atoms with Crippen LogP contribution in [-0.4, -0.2) is 30.7 Å². The first-order valence-electron chi connectivity index (χ1n) is 6.09. The number of hydrogen-bond donors (Lipinski definition) is 1. The molecule has 0 aliphatic rings. The third-order valence-corrected chi connectivity index (χ3v) is 2.58. The Bertz CT molecular complexity index is 497. The summed E-state index contributed by atoms with van der Waals surface area (Å²) in [6, 6.07) is 7.37. The zero-order valence-corrected chi connectivity index (χ0v) is 11.1. The number of nitrogens with one attached hydrogen (secondary N) is 1. The van der Waals surface area contributed by atoms with Crippen molar-refractivity contribution in [3.05, 3.63) is 42.5 Å². The van der Waals surface area contributed by atoms with Gasteiger partial charge in [0.2, 0.25) is 0 Å². The Kier molecular flexibility index (Phi) is 4.69. The Morgan fingerprint density at radius 1 is 1.00 bits per heavy atom. The third kappa shape index (κ3) is 3.93. The Hall–Kier alpha value is -2.14. The fraction of sp³-hybridized carbons (Fsp3) is 0.286. The van der Waals surface area contributed by atoms with Gasteiger partial charge in [0.05, 0.1) is 19.5 Å². The Balaban J connectivity index is 1.98. The summed E-state index contributed by atoms with van der Waals surface area (Å²) >= 11 is 0. The van der Waals surface area contributed by atoms with Gasteiger partial charge in [0, 0.05) is 13.0 Å². The normalized spacial score (nSPS) is 10.2. The Morgan fingerprint density at radius 3 is 2.21 bits per heavy atom. The molecule has 19 heavy (non-hydrogen) atoms. The van der Waals surface area contributed by atoms with Gasteiger partial charge >= 0.3 is 0 Å². The lowest BCUT2D eigenvalue weighted by atomic mass is 10.3. The molecule has 2 rings (SSSR count). The first-order chi connectivity index (χ1) is 9.31. The molecule has 0 saturated heterocycles. The van der Waals surface area contributed by atoms with Crippen molar-refractivity contribution in [2.45, 2.75) is 6.42 Å². The quantitative estimate of drug-likeness (QED) is 0.860. The lowest BCUT2D eigenvalue weighted by molar-refractivity contribution is 0.412. The van der Waals surface area contributed by atoms with Crippen LogP contribution in [0.2, 0.25) is 0 Å². The number of rotatable bonds is 6. The van der Waals surface area contributed by atoms with E-state index in [1.54, 1.807) is 19.5 Å². The first kappa shape index (κ1) is 13.3. The smallest absolute Gasteiger partial charge is 0.164 e. The molecule has 1 aromatic carbocycles. The van der Waals surface area contributed by atoms with Crippen molar-refractivity contribution in [1.82, 2.24) is 15.3 Å². The summed E-state index contributed by atoms with van der Waals surface area (Å²) in [5.74, 6) is 2.95. The molecule has 1 N–H and O–H groups in total. The molecule has 100 valence electrons. The van der Waals surface area contributed by atoms with Gasteiger partial charge < -0.3 is 14.8 Å². The standard InChI is InChI=1S/C14H17N3O2/c1-15-8-7-14-16-9-13(10-17-14)19-12-5-3-11(18-2)4-6-12/h3-6,9-10,15H,7-8H2,1-2H3. The van der Waals surface area contributed by atoms with E-state index in [2.05, 4.69) is 15.3 Å². The number of nitrogens with zero attached hydrogens (tertiary/aromatic N) is 2. The van der Waals surface area contributed by atoms with Crippen molar-refractivity contribution in [3.8, 4) is 17.2 Å². The molecule has 5 heteroatoms. The fourth-order valence-electron chi connectivity index (χ4n) is 1.54. The van der Waals surface area contributed by atoms with Gasteiger partial charge in [0.1, 0.15) is 17.3 Å². The van der Waals surface area contributed by atoms with Gasteiger partial charge in [-0.25, -0.2) is 9.97 Å². The van der Waals surface area contributed by atoms with Gasteiger partial charge in [-0.1, -0.05) is 0 Å². The van der Waals surface area contributed by atoms with E-state index in [0.717, 1.165) is 30.3 Å². The van der Waals surface area contributed by atoms with E-state index < -0.39 is 0 Å². The van der Waals surface area contributed by atoms with E-state index in [1.165, 1.54) is 0 Å². The molecule has 0 saturated carbocycles. The number of ether oxygens (including phenoxy) is 2. The molecule has 0 radical (unpaired) electrons. The summed E-state index contributed by atoms with van der Waals surface area (Å²) in [5.41, 5.74) is 0. The van der Waals surface area contributed by atoms with E-state index in [1.807, 2.05) is 31.3 Å². The number of methoxy groups -OCH3 is 1. The summed E-state index contributed by atoms with van der Waals surface area (Å²) in [7, 11) is 3.54. The summed E-state index contributed by atoms with van der Waals surface area (Å²) in [6.45, 7) is 0.860. The minimum absolute atomic E-state index is 0.623. The van der Waals surface area contributed by atoms with Gasteiger partial charge in [-0.15, -0.1) is 0 Å². The maximum atomic E-state index is 5.64. The van der Waals surface area contributed by atoms with Crippen molar-refractivity contribution in [2.75, 3.05) is 20.7 Å². The highest BCUT2D eigenvalue weighted by Gasteiger charge is 2.00. The predicted molar refractivity (Wildman–Crippen MR) is 72.7 cm³/mol. The van der Waals surface area contributed by atoms with Crippen molar-refractivity contribution in [2.24, 2.45) is 0 Å². The zero-order valence-electron chi connectivity index (χ0n) is 11.1. The molecule has 1 heterocycles. The summed E-state index contributed by atoms with van der Waals surface area (Å²) in [5, 5.41) is 3.06. The van der Waals surface area contributed by atoms with Crippen molar-refractivity contribution in [3.63, 3.8) is 0 Å². The highest BCUT2D eigenvalue weighted by molar-refractivity contribution is 5.33. The average Bonchev–Trinajstić information content (AvgIpc) is 2.47. The third-order valence-electron chi connectivity index (χ3n) is 2.58. The second-order valence-corrected chi connectivity index (χ2v) is 3.97. The van der Waals surface area contributed by atoms with Gasteiger partial charge in [0.25, 0.3) is 0 Å². The monoisotopic (exact) mass is 259 g/mol. The van der Waals surface area contributed by atoms with Crippen LogP contribution in [0.25, 0.3) is 0 Å². The van der Waals surface area contributed by atoms with Gasteiger partial charge in [-0.3, -0.25) is 0 Å². The highest BCUT2D eigenvalue weighted by atomic mass is 16.5. The fourth-order valence-corrected chi connectivity index (χ4v) is 1.54. The molecule has 1 aromatic heterocycles. The first-order valence-corrected chi connectivity index (χ1v) is 6.09. The average molecular weight is 259 g/mol. The lowest BCUT2D eigenvalue weighted by Gasteiger charge is -2.06. The molecule has 0 spiro atoms. The minimum Gasteiger partial charge on any atom is -0.497 e. The lowest BCUT2D eigenvalue weighted by Crippen LogP contribution is -2.12. The Labute approximate surface area is 112 Å². The Morgan fingerprint density at radius 2 is 1.63 bits per heavy atom. The van der Waals surface area contributed by atoms with Gasteiger partial charge in [0.15, 0.2) is 5.75 Å². The van der Waals surface area contributed by atoms with Crippen LogP contribution >= 0.6 is 0 Å². The largest absolute Gasteiger partial charge is 0.497 e. The topological polar surface area (TPSA) is 56.3 Å². The highest BCUT2D eigenvalue weighted by Crippen LogP contribution is 2.22. The summed E-state index contributed by atoms with van der Waals surface area (Å²) < 4.78 is 10.7. The van der Waals surface area contributed by atoms with E-state index >= 15 is 0 Å². The molecule has 0 amide bonds. The van der Waals surface area contributed by atoms with Crippen LogP contribution in [0.15, 0.2) is 36.7 Å². The molecular weight excluding hydrogens is 242 g/mol. The molecular formula is C14H17N3O2. The van der Waals surface area contributed by atoms with E-state index in [0.29, 0.717) is 5.75 Å². The number of benzene rings is 1. The van der Waals surface area contributed by atoms with Crippen LogP contribution in [0, 0.1) is 0 Å². The van der Waals surface area contributed by atoms with Crippen LogP contribution in [0.1, 0.15) is 5.82 Å². The maximum Gasteiger partial charge on any atom is 0.164 e. The van der Waals surface area contributed by atoms with Crippen LogP contribution < -0.4 is 14.8 Å². The second-order valence-electron chi connectivity index (χ2n) is 3.97. The van der Waals surface area contributed by atoms with Crippen LogP contribution in [0.4, 0.5) is 0 Å². The van der Waals surface area contributed by atoms with Crippen molar-refractivity contribution in [1.29, 1.82) is 0 Å². The molecule has 0 fully saturated rings. The maximum absolute atomic E-state index is 5.64. The van der Waals surface area contributed by atoms with E-state index in [4.69, 9.17) is 9.47 Å². The summed E-state index contributed by atoms with van der Waals surface area (Å²) in [4.78, 5) is 8.49. The molecule has 0 aliphatic carbocycles. The molecule has 0 atom stereocenters. The molecule has 0 bridgehead atoms. The minimum atomic E-state index is 0.623. The number of likely N-dealkylation sites (N-methyl/N-ethyl adjacent to an activating group) is 1. The van der Waals surface area contributed by atoms with Gasteiger partial charge in [-0.05, 0) is 31.3 Å². The van der Waals surface area contributed by atoms with Crippen LogP contribution in [0.5, 0.6) is 17.2 Å². The molecule has 2 aromatic rings. The van der Waals surface area contributed by atoms with E-state index in [9.17, 15) is 0 Å². The van der Waals surface area contributed by atoms with E-state index in [-0.39, 0.29) is 0 Å². The molecule has 0 aliphatic heterocycles. The second kappa shape index (κ2) is 6.70. The number of hydrogen-bond acceptors (Lipinski definition) is 5. The zero-order chi connectivity index (χ0) is 13.5. The SMILES string of the molecule is CNCCc1ncc(Oc2ccc(OC)cc2)cn1. The summed E-state index contributed by atoms with van der Waals surface area (Å²) in [6.07, 6.45) is 4.17. The van der Waals surface area contributed by atoms with Crippen LogP contribution in [-0.2, 0) is 6.42 Å². The number of aromatic nitrogens is 2.